The molecule has 0 atom stereocenters. The lowest BCUT2D eigenvalue weighted by atomic mass is 10.1. The molecule has 0 spiro atoms. The Kier molecular flexibility index (Phi) is 6.76. The molecule has 1 amide bonds. The molecule has 152 valence electrons. The highest BCUT2D eigenvalue weighted by Gasteiger charge is 2.31. The van der Waals surface area contributed by atoms with E-state index in [0.29, 0.717) is 10.8 Å². The maximum Gasteiger partial charge on any atom is 0.573 e. The quantitative estimate of drug-likeness (QED) is 0.575. The maximum atomic E-state index is 12.2. The molecule has 1 aliphatic rings. The third kappa shape index (κ3) is 6.11. The van der Waals surface area contributed by atoms with E-state index in [1.165, 1.54) is 53.6 Å². The number of benzene rings is 1. The van der Waals surface area contributed by atoms with Crippen LogP contribution in [0.5, 0.6) is 5.75 Å². The fraction of sp³-hybridized carbons (Fsp3) is 0.529. The third-order valence-electron chi connectivity index (χ3n) is 4.31. The van der Waals surface area contributed by atoms with Crippen molar-refractivity contribution in [3.63, 3.8) is 0 Å². The van der Waals surface area contributed by atoms with E-state index < -0.39 is 6.36 Å². The monoisotopic (exact) mass is 415 g/mol. The molecule has 0 bridgehead atoms. The van der Waals surface area contributed by atoms with Crippen LogP contribution < -0.4 is 10.1 Å². The van der Waals surface area contributed by atoms with Crippen LogP contribution in [0.15, 0.2) is 29.4 Å². The first-order valence-electron chi connectivity index (χ1n) is 8.97. The van der Waals surface area contributed by atoms with Crippen LogP contribution in [0.1, 0.15) is 38.5 Å². The number of aromatic nitrogens is 4. The number of amides is 1. The van der Waals surface area contributed by atoms with Crippen molar-refractivity contribution in [1.29, 1.82) is 0 Å². The van der Waals surface area contributed by atoms with Crippen molar-refractivity contribution in [1.82, 2.24) is 25.5 Å². The van der Waals surface area contributed by atoms with Gasteiger partial charge < -0.3 is 10.1 Å². The fourth-order valence-corrected chi connectivity index (χ4v) is 3.75. The molecule has 3 rings (SSSR count). The summed E-state index contributed by atoms with van der Waals surface area (Å²) in [5.74, 6) is -0.256. The number of hydrogen-bond acceptors (Lipinski definition) is 6. The van der Waals surface area contributed by atoms with Gasteiger partial charge in [-0.2, -0.15) is 4.68 Å². The van der Waals surface area contributed by atoms with Crippen molar-refractivity contribution in [2.45, 2.75) is 56.1 Å². The van der Waals surface area contributed by atoms with Crippen LogP contribution >= 0.6 is 11.8 Å². The minimum atomic E-state index is -4.75. The number of rotatable bonds is 6. The Morgan fingerprint density at radius 2 is 1.86 bits per heavy atom. The second-order valence-corrected chi connectivity index (χ2v) is 7.40. The molecule has 0 saturated heterocycles. The molecule has 7 nitrogen and oxygen atoms in total. The Morgan fingerprint density at radius 1 is 1.18 bits per heavy atom. The number of nitrogens with one attached hydrogen (secondary N) is 1. The number of hydrogen-bond donors (Lipinski definition) is 1. The number of halogens is 3. The Hall–Kier alpha value is -2.30. The smallest absolute Gasteiger partial charge is 0.406 e. The summed E-state index contributed by atoms with van der Waals surface area (Å²) in [7, 11) is 0. The molecule has 1 saturated carbocycles. The van der Waals surface area contributed by atoms with Gasteiger partial charge in [-0.05, 0) is 47.5 Å². The van der Waals surface area contributed by atoms with Gasteiger partial charge in [-0.3, -0.25) is 4.79 Å². The van der Waals surface area contributed by atoms with Gasteiger partial charge in [0.05, 0.1) is 11.4 Å². The van der Waals surface area contributed by atoms with Crippen molar-refractivity contribution < 1.29 is 22.7 Å². The number of alkyl halides is 3. The van der Waals surface area contributed by atoms with Gasteiger partial charge in [0.25, 0.3) is 0 Å². The summed E-state index contributed by atoms with van der Waals surface area (Å²) in [6.45, 7) is 0. The highest BCUT2D eigenvalue weighted by molar-refractivity contribution is 7.99. The number of ether oxygens (including phenoxy) is 1. The van der Waals surface area contributed by atoms with E-state index >= 15 is 0 Å². The van der Waals surface area contributed by atoms with Crippen LogP contribution in [0.25, 0.3) is 5.69 Å². The molecule has 28 heavy (non-hydrogen) atoms. The molecule has 1 N–H and O–H groups in total. The molecule has 0 radical (unpaired) electrons. The summed E-state index contributed by atoms with van der Waals surface area (Å²) < 4.78 is 41.9. The second kappa shape index (κ2) is 9.26. The van der Waals surface area contributed by atoms with E-state index in [1.54, 1.807) is 0 Å². The third-order valence-corrected chi connectivity index (χ3v) is 5.23. The average molecular weight is 415 g/mol. The van der Waals surface area contributed by atoms with Gasteiger partial charge in [-0.25, -0.2) is 0 Å². The molecule has 1 aliphatic carbocycles. The SMILES string of the molecule is O=C(CSc1nnnn1-c1ccc(OC(F)(F)F)cc1)NC1CCCCCC1. The van der Waals surface area contributed by atoms with Crippen LogP contribution in [0.2, 0.25) is 0 Å². The van der Waals surface area contributed by atoms with Crippen molar-refractivity contribution in [2.24, 2.45) is 0 Å². The fourth-order valence-electron chi connectivity index (χ4n) is 3.04. The zero-order valence-electron chi connectivity index (χ0n) is 15.0. The number of tetrazole rings is 1. The van der Waals surface area contributed by atoms with Crippen molar-refractivity contribution >= 4 is 17.7 Å². The molecule has 1 aromatic carbocycles. The van der Waals surface area contributed by atoms with Crippen LogP contribution in [0.4, 0.5) is 13.2 Å². The molecule has 1 heterocycles. The van der Waals surface area contributed by atoms with E-state index in [-0.39, 0.29) is 23.5 Å². The summed E-state index contributed by atoms with van der Waals surface area (Å²) >= 11 is 1.17. The first kappa shape index (κ1) is 20.4. The highest BCUT2D eigenvalue weighted by Crippen LogP contribution is 2.25. The predicted octanol–water partition coefficient (Wildman–Crippen LogP) is 3.49. The summed E-state index contributed by atoms with van der Waals surface area (Å²) in [6, 6.07) is 5.39. The van der Waals surface area contributed by atoms with E-state index in [9.17, 15) is 18.0 Å². The molecular weight excluding hydrogens is 395 g/mol. The van der Waals surface area contributed by atoms with Crippen LogP contribution in [0.3, 0.4) is 0 Å². The van der Waals surface area contributed by atoms with Crippen LogP contribution in [-0.2, 0) is 4.79 Å². The molecule has 2 aromatic rings. The Labute approximate surface area is 164 Å². The van der Waals surface area contributed by atoms with Crippen molar-refractivity contribution in [3.05, 3.63) is 24.3 Å². The van der Waals surface area contributed by atoms with Gasteiger partial charge in [-0.15, -0.1) is 18.3 Å². The van der Waals surface area contributed by atoms with E-state index in [1.807, 2.05) is 0 Å². The van der Waals surface area contributed by atoms with E-state index in [2.05, 4.69) is 25.6 Å². The van der Waals surface area contributed by atoms with Gasteiger partial charge in [0.15, 0.2) is 0 Å². The molecule has 0 unspecified atom stereocenters. The van der Waals surface area contributed by atoms with Crippen molar-refractivity contribution in [2.75, 3.05) is 5.75 Å². The molecule has 11 heteroatoms. The Balaban J connectivity index is 1.57. The summed E-state index contributed by atoms with van der Waals surface area (Å²) in [5, 5.41) is 14.7. The van der Waals surface area contributed by atoms with Gasteiger partial charge in [0.2, 0.25) is 11.1 Å². The van der Waals surface area contributed by atoms with Crippen molar-refractivity contribution in [3.8, 4) is 11.4 Å². The average Bonchev–Trinajstić information content (AvgIpc) is 2.96. The zero-order valence-corrected chi connectivity index (χ0v) is 15.8. The van der Waals surface area contributed by atoms with E-state index in [0.717, 1.165) is 25.7 Å². The number of carbonyl (C=O) groups is 1. The summed E-state index contributed by atoms with van der Waals surface area (Å²) in [4.78, 5) is 12.2. The molecule has 1 fully saturated rings. The standard InChI is InChI=1S/C17H20F3N5O2S/c18-17(19,20)27-14-9-7-13(8-10-14)25-16(22-23-24-25)28-11-15(26)21-12-5-3-1-2-4-6-12/h7-10,12H,1-6,11H2,(H,21,26). The van der Waals surface area contributed by atoms with Gasteiger partial charge in [0.1, 0.15) is 5.75 Å². The van der Waals surface area contributed by atoms with Crippen LogP contribution in [0, 0.1) is 0 Å². The molecule has 0 aliphatic heterocycles. The number of nitrogens with zero attached hydrogens (tertiary/aromatic N) is 4. The molecule has 1 aromatic heterocycles. The van der Waals surface area contributed by atoms with Gasteiger partial charge in [-0.1, -0.05) is 37.4 Å². The molecular formula is C17H20F3N5O2S. The van der Waals surface area contributed by atoms with Crippen LogP contribution in [-0.4, -0.2) is 44.3 Å². The lowest BCUT2D eigenvalue weighted by Gasteiger charge is -2.15. The second-order valence-electron chi connectivity index (χ2n) is 6.46. The van der Waals surface area contributed by atoms with E-state index in [4.69, 9.17) is 0 Å². The number of thioether (sulfide) groups is 1. The largest absolute Gasteiger partial charge is 0.573 e. The topological polar surface area (TPSA) is 81.9 Å². The van der Waals surface area contributed by atoms with Gasteiger partial charge >= 0.3 is 6.36 Å². The number of carbonyl (C=O) groups excluding carboxylic acids is 1. The maximum absolute atomic E-state index is 12.2. The minimum absolute atomic E-state index is 0.0830. The summed E-state index contributed by atoms with van der Waals surface area (Å²) in [5.41, 5.74) is 0.464. The first-order valence-corrected chi connectivity index (χ1v) is 9.96. The normalized spacial score (nSPS) is 15.8. The minimum Gasteiger partial charge on any atom is -0.406 e. The highest BCUT2D eigenvalue weighted by atomic mass is 32.2. The van der Waals surface area contributed by atoms with Gasteiger partial charge in [0, 0.05) is 6.04 Å². The predicted molar refractivity (Wildman–Crippen MR) is 96.2 cm³/mol. The lowest BCUT2D eigenvalue weighted by molar-refractivity contribution is -0.274. The summed E-state index contributed by atoms with van der Waals surface area (Å²) in [6.07, 6.45) is 1.93. The first-order chi connectivity index (χ1) is 13.4. The Bertz CT molecular complexity index is 774. The zero-order chi connectivity index (χ0) is 20.0. The Morgan fingerprint density at radius 3 is 2.50 bits per heavy atom. The lowest BCUT2D eigenvalue weighted by Crippen LogP contribution is -2.35.